The SMILES string of the molecule is CC(C)C.O=C(O)Cn1ccncc1=O. The van der Waals surface area contributed by atoms with Gasteiger partial charge < -0.3 is 9.67 Å². The van der Waals surface area contributed by atoms with Crippen LogP contribution in [0.15, 0.2) is 23.4 Å². The molecule has 0 aliphatic heterocycles. The quantitative estimate of drug-likeness (QED) is 0.793. The number of carbonyl (C=O) groups is 1. The van der Waals surface area contributed by atoms with Crippen molar-refractivity contribution < 1.29 is 9.90 Å². The Bertz CT molecular complexity index is 355. The Balaban J connectivity index is 0.000000423. The molecule has 0 aromatic carbocycles. The number of aromatic nitrogens is 2. The Kier molecular flexibility index (Phi) is 6.01. The maximum absolute atomic E-state index is 10.8. The summed E-state index contributed by atoms with van der Waals surface area (Å²) in [6.07, 6.45) is 3.77. The molecule has 0 bridgehead atoms. The van der Waals surface area contributed by atoms with Crippen LogP contribution in [0.1, 0.15) is 20.8 Å². The predicted molar refractivity (Wildman–Crippen MR) is 56.6 cm³/mol. The topological polar surface area (TPSA) is 72.2 Å². The van der Waals surface area contributed by atoms with Crippen molar-refractivity contribution in [2.45, 2.75) is 27.3 Å². The first kappa shape index (κ1) is 13.4. The average Bonchev–Trinajstić information content (AvgIpc) is 2.07. The smallest absolute Gasteiger partial charge is 0.323 e. The third-order valence-electron chi connectivity index (χ3n) is 1.11. The summed E-state index contributed by atoms with van der Waals surface area (Å²) >= 11 is 0. The van der Waals surface area contributed by atoms with Crippen molar-refractivity contribution in [2.24, 2.45) is 5.92 Å². The van der Waals surface area contributed by atoms with E-state index in [9.17, 15) is 9.59 Å². The Hall–Kier alpha value is -1.65. The highest BCUT2D eigenvalue weighted by atomic mass is 16.4. The van der Waals surface area contributed by atoms with Crippen LogP contribution < -0.4 is 5.56 Å². The maximum Gasteiger partial charge on any atom is 0.323 e. The molecule has 0 atom stereocenters. The normalized spacial score (nSPS) is 9.33. The molecule has 5 nitrogen and oxygen atoms in total. The molecule has 1 aromatic rings. The Morgan fingerprint density at radius 3 is 2.47 bits per heavy atom. The maximum atomic E-state index is 10.8. The Morgan fingerprint density at radius 1 is 1.53 bits per heavy atom. The Labute approximate surface area is 88.4 Å². The van der Waals surface area contributed by atoms with Gasteiger partial charge in [0.15, 0.2) is 0 Å². The summed E-state index contributed by atoms with van der Waals surface area (Å²) < 4.78 is 1.06. The minimum atomic E-state index is -1.04. The van der Waals surface area contributed by atoms with Crippen LogP contribution in [0.4, 0.5) is 0 Å². The number of carboxylic acids is 1. The summed E-state index contributed by atoms with van der Waals surface area (Å²) in [5, 5.41) is 8.31. The lowest BCUT2D eigenvalue weighted by Gasteiger charge is -1.97. The second-order valence-electron chi connectivity index (χ2n) is 3.67. The second kappa shape index (κ2) is 6.75. The van der Waals surface area contributed by atoms with Crippen LogP contribution in [0.25, 0.3) is 0 Å². The molecule has 1 rings (SSSR count). The van der Waals surface area contributed by atoms with Crippen molar-refractivity contribution in [1.29, 1.82) is 0 Å². The van der Waals surface area contributed by atoms with E-state index in [1.807, 2.05) is 0 Å². The third kappa shape index (κ3) is 7.42. The fraction of sp³-hybridized carbons (Fsp3) is 0.500. The van der Waals surface area contributed by atoms with Gasteiger partial charge in [-0.1, -0.05) is 20.8 Å². The number of hydrogen-bond acceptors (Lipinski definition) is 3. The first-order valence-electron chi connectivity index (χ1n) is 4.65. The molecule has 1 heterocycles. The molecule has 0 aliphatic carbocycles. The van der Waals surface area contributed by atoms with E-state index in [4.69, 9.17) is 5.11 Å². The highest BCUT2D eigenvalue weighted by Crippen LogP contribution is 1.81. The molecule has 0 saturated carbocycles. The van der Waals surface area contributed by atoms with E-state index in [2.05, 4.69) is 25.8 Å². The largest absolute Gasteiger partial charge is 0.480 e. The van der Waals surface area contributed by atoms with Gasteiger partial charge in [-0.2, -0.15) is 0 Å². The average molecular weight is 212 g/mol. The molecule has 0 aliphatic rings. The van der Waals surface area contributed by atoms with Crippen LogP contribution in [0.5, 0.6) is 0 Å². The van der Waals surface area contributed by atoms with Crippen LogP contribution in [-0.2, 0) is 11.3 Å². The van der Waals surface area contributed by atoms with Gasteiger partial charge in [0.05, 0.1) is 6.20 Å². The lowest BCUT2D eigenvalue weighted by Crippen LogP contribution is -2.22. The lowest BCUT2D eigenvalue weighted by atomic mass is 10.3. The molecule has 0 amide bonds. The number of aliphatic carboxylic acids is 1. The number of nitrogens with zero attached hydrogens (tertiary/aromatic N) is 2. The highest BCUT2D eigenvalue weighted by Gasteiger charge is 1.98. The summed E-state index contributed by atoms with van der Waals surface area (Å²) in [6, 6.07) is 0. The third-order valence-corrected chi connectivity index (χ3v) is 1.11. The summed E-state index contributed by atoms with van der Waals surface area (Å²) in [4.78, 5) is 24.5. The van der Waals surface area contributed by atoms with Crippen molar-refractivity contribution in [2.75, 3.05) is 0 Å². The zero-order valence-electron chi connectivity index (χ0n) is 9.17. The van der Waals surface area contributed by atoms with Crippen LogP contribution in [0.2, 0.25) is 0 Å². The van der Waals surface area contributed by atoms with Gasteiger partial charge in [-0.05, 0) is 5.92 Å². The van der Waals surface area contributed by atoms with Crippen molar-refractivity contribution in [3.8, 4) is 0 Å². The molecule has 0 unspecified atom stereocenters. The molecule has 1 N–H and O–H groups in total. The summed E-state index contributed by atoms with van der Waals surface area (Å²) in [5.41, 5.74) is -0.408. The molecule has 5 heteroatoms. The fourth-order valence-corrected chi connectivity index (χ4v) is 0.650. The van der Waals surface area contributed by atoms with Gasteiger partial charge in [-0.25, -0.2) is 0 Å². The monoisotopic (exact) mass is 212 g/mol. The fourth-order valence-electron chi connectivity index (χ4n) is 0.650. The van der Waals surface area contributed by atoms with Gasteiger partial charge in [0, 0.05) is 12.4 Å². The first-order chi connectivity index (χ1) is 6.93. The van der Waals surface area contributed by atoms with Crippen LogP contribution in [0, 0.1) is 5.92 Å². The van der Waals surface area contributed by atoms with Gasteiger partial charge in [0.1, 0.15) is 6.54 Å². The Morgan fingerprint density at radius 2 is 2.07 bits per heavy atom. The molecule has 0 radical (unpaired) electrons. The van der Waals surface area contributed by atoms with E-state index < -0.39 is 11.5 Å². The van der Waals surface area contributed by atoms with Crippen LogP contribution in [0.3, 0.4) is 0 Å². The number of carboxylic acid groups (broad SMARTS) is 1. The van der Waals surface area contributed by atoms with E-state index >= 15 is 0 Å². The van der Waals surface area contributed by atoms with Crippen molar-refractivity contribution in [3.63, 3.8) is 0 Å². The van der Waals surface area contributed by atoms with Crippen molar-refractivity contribution in [1.82, 2.24) is 9.55 Å². The van der Waals surface area contributed by atoms with E-state index in [-0.39, 0.29) is 6.54 Å². The van der Waals surface area contributed by atoms with Crippen molar-refractivity contribution >= 4 is 5.97 Å². The molecular weight excluding hydrogens is 196 g/mol. The summed E-state index contributed by atoms with van der Waals surface area (Å²) in [5.74, 6) is -0.210. The predicted octanol–water partition coefficient (Wildman–Crippen LogP) is 0.990. The van der Waals surface area contributed by atoms with Gasteiger partial charge in [0.25, 0.3) is 5.56 Å². The molecule has 15 heavy (non-hydrogen) atoms. The molecule has 0 fully saturated rings. The zero-order valence-corrected chi connectivity index (χ0v) is 9.17. The second-order valence-corrected chi connectivity index (χ2v) is 3.67. The number of hydrogen-bond donors (Lipinski definition) is 1. The summed E-state index contributed by atoms with van der Waals surface area (Å²) in [6.45, 7) is 6.18. The van der Waals surface area contributed by atoms with Gasteiger partial charge in [0.2, 0.25) is 0 Å². The first-order valence-corrected chi connectivity index (χ1v) is 4.65. The molecule has 1 aromatic heterocycles. The highest BCUT2D eigenvalue weighted by molar-refractivity contribution is 5.66. The van der Waals surface area contributed by atoms with Gasteiger partial charge in [-0.15, -0.1) is 0 Å². The minimum absolute atomic E-state index is 0.318. The number of rotatable bonds is 2. The molecule has 0 spiro atoms. The van der Waals surface area contributed by atoms with Gasteiger partial charge >= 0.3 is 5.97 Å². The van der Waals surface area contributed by atoms with E-state index in [1.165, 1.54) is 12.4 Å². The standard InChI is InChI=1S/C6H6N2O3.C4H10/c9-5-3-7-1-2-8(5)4-6(10)11;1-4(2)3/h1-3H,4H2,(H,10,11);4H,1-3H3. The van der Waals surface area contributed by atoms with Crippen LogP contribution in [-0.4, -0.2) is 20.6 Å². The van der Waals surface area contributed by atoms with E-state index in [0.29, 0.717) is 0 Å². The van der Waals surface area contributed by atoms with Crippen molar-refractivity contribution in [3.05, 3.63) is 28.9 Å². The molecule has 0 saturated heterocycles. The zero-order chi connectivity index (χ0) is 11.8. The molecular formula is C10H16N2O3. The van der Waals surface area contributed by atoms with E-state index in [1.54, 1.807) is 0 Å². The van der Waals surface area contributed by atoms with E-state index in [0.717, 1.165) is 16.7 Å². The van der Waals surface area contributed by atoms with Crippen LogP contribution >= 0.6 is 0 Å². The minimum Gasteiger partial charge on any atom is -0.480 e. The van der Waals surface area contributed by atoms with Gasteiger partial charge in [-0.3, -0.25) is 14.6 Å². The molecule has 84 valence electrons. The summed E-state index contributed by atoms with van der Waals surface area (Å²) in [7, 11) is 0. The lowest BCUT2D eigenvalue weighted by molar-refractivity contribution is -0.137.